The number of amides is 3. The maximum atomic E-state index is 13.4. The standard InChI is InChI=1S/C24H37N3O6/c1-9-17-10-12-18(13-11-17)20(21(29)25-14-19(28)32-8)27(15(2)3)22(30)16(4)26-23(31)33-24(5,6)7/h10-13,15-16,20H,9,14H2,1-8H3,(H,25,29)(H,26,31). The van der Waals surface area contributed by atoms with Crippen LogP contribution < -0.4 is 10.6 Å². The molecule has 0 aliphatic carbocycles. The molecule has 0 spiro atoms. The van der Waals surface area contributed by atoms with Crippen molar-refractivity contribution in [2.75, 3.05) is 13.7 Å². The van der Waals surface area contributed by atoms with Gasteiger partial charge in [-0.3, -0.25) is 14.4 Å². The first-order valence-corrected chi connectivity index (χ1v) is 11.1. The lowest BCUT2D eigenvalue weighted by Gasteiger charge is -2.36. The van der Waals surface area contributed by atoms with Gasteiger partial charge in [0.25, 0.3) is 0 Å². The SMILES string of the molecule is CCc1ccc(C(C(=O)NCC(=O)OC)N(C(=O)C(C)NC(=O)OC(C)(C)C)C(C)C)cc1. The summed E-state index contributed by atoms with van der Waals surface area (Å²) >= 11 is 0. The third-order valence-corrected chi connectivity index (χ3v) is 4.78. The van der Waals surface area contributed by atoms with Crippen molar-refractivity contribution >= 4 is 23.9 Å². The number of hydrogen-bond acceptors (Lipinski definition) is 6. The van der Waals surface area contributed by atoms with E-state index in [1.807, 2.05) is 19.1 Å². The van der Waals surface area contributed by atoms with Gasteiger partial charge in [0.2, 0.25) is 11.8 Å². The fraction of sp³-hybridized carbons (Fsp3) is 0.583. The summed E-state index contributed by atoms with van der Waals surface area (Å²) in [5.74, 6) is -1.60. The lowest BCUT2D eigenvalue weighted by Crippen LogP contribution is -2.54. The summed E-state index contributed by atoms with van der Waals surface area (Å²) in [5.41, 5.74) is 0.943. The van der Waals surface area contributed by atoms with Crippen LogP contribution >= 0.6 is 0 Å². The van der Waals surface area contributed by atoms with Gasteiger partial charge in [-0.25, -0.2) is 4.79 Å². The van der Waals surface area contributed by atoms with Crippen molar-refractivity contribution in [2.45, 2.75) is 78.6 Å². The molecule has 0 aliphatic heterocycles. The van der Waals surface area contributed by atoms with Crippen LogP contribution in [0.5, 0.6) is 0 Å². The third-order valence-electron chi connectivity index (χ3n) is 4.78. The Hall–Kier alpha value is -3.10. The summed E-state index contributed by atoms with van der Waals surface area (Å²) in [7, 11) is 1.23. The topological polar surface area (TPSA) is 114 Å². The minimum Gasteiger partial charge on any atom is -0.468 e. The molecular formula is C24H37N3O6. The van der Waals surface area contributed by atoms with Crippen molar-refractivity contribution < 1.29 is 28.7 Å². The van der Waals surface area contributed by atoms with Crippen LogP contribution in [0.15, 0.2) is 24.3 Å². The van der Waals surface area contributed by atoms with Crippen molar-refractivity contribution in [1.82, 2.24) is 15.5 Å². The van der Waals surface area contributed by atoms with E-state index in [-0.39, 0.29) is 12.6 Å². The lowest BCUT2D eigenvalue weighted by atomic mass is 9.99. The molecular weight excluding hydrogens is 426 g/mol. The highest BCUT2D eigenvalue weighted by atomic mass is 16.6. The van der Waals surface area contributed by atoms with Crippen LogP contribution in [0.3, 0.4) is 0 Å². The van der Waals surface area contributed by atoms with Crippen molar-refractivity contribution in [2.24, 2.45) is 0 Å². The molecule has 33 heavy (non-hydrogen) atoms. The van der Waals surface area contributed by atoms with Gasteiger partial charge in [-0.1, -0.05) is 31.2 Å². The summed E-state index contributed by atoms with van der Waals surface area (Å²) < 4.78 is 9.84. The fourth-order valence-corrected chi connectivity index (χ4v) is 3.15. The molecule has 0 heterocycles. The second-order valence-corrected chi connectivity index (χ2v) is 9.00. The number of ether oxygens (including phenoxy) is 2. The average Bonchev–Trinajstić information content (AvgIpc) is 2.73. The molecule has 2 atom stereocenters. The minimum absolute atomic E-state index is 0.329. The van der Waals surface area contributed by atoms with Crippen LogP contribution in [0.4, 0.5) is 4.79 Å². The smallest absolute Gasteiger partial charge is 0.408 e. The Morgan fingerprint density at radius 3 is 2.06 bits per heavy atom. The quantitative estimate of drug-likeness (QED) is 0.545. The molecule has 2 N–H and O–H groups in total. The van der Waals surface area contributed by atoms with Gasteiger partial charge in [0.05, 0.1) is 7.11 Å². The first kappa shape index (κ1) is 27.9. The monoisotopic (exact) mass is 463 g/mol. The van der Waals surface area contributed by atoms with Gasteiger partial charge in [0, 0.05) is 6.04 Å². The number of carbonyl (C=O) groups is 4. The van der Waals surface area contributed by atoms with E-state index < -0.39 is 41.6 Å². The Balaban J connectivity index is 3.27. The van der Waals surface area contributed by atoms with Crippen LogP contribution in [-0.2, 0) is 30.3 Å². The summed E-state index contributed by atoms with van der Waals surface area (Å²) in [6.07, 6.45) is 0.0921. The van der Waals surface area contributed by atoms with Crippen LogP contribution in [0, 0.1) is 0 Å². The van der Waals surface area contributed by atoms with E-state index in [2.05, 4.69) is 15.4 Å². The first-order valence-electron chi connectivity index (χ1n) is 11.1. The highest BCUT2D eigenvalue weighted by molar-refractivity contribution is 5.93. The molecule has 0 bridgehead atoms. The number of carbonyl (C=O) groups excluding carboxylic acids is 4. The molecule has 0 saturated heterocycles. The molecule has 9 nitrogen and oxygen atoms in total. The molecule has 0 saturated carbocycles. The van der Waals surface area contributed by atoms with E-state index in [1.165, 1.54) is 18.9 Å². The number of alkyl carbamates (subject to hydrolysis) is 1. The van der Waals surface area contributed by atoms with Gasteiger partial charge in [-0.15, -0.1) is 0 Å². The number of hydrogen-bond donors (Lipinski definition) is 2. The summed E-state index contributed by atoms with van der Waals surface area (Å²) in [6, 6.07) is 5.00. The van der Waals surface area contributed by atoms with E-state index in [1.54, 1.807) is 46.8 Å². The number of nitrogens with one attached hydrogen (secondary N) is 2. The molecule has 0 aromatic heterocycles. The number of benzene rings is 1. The Morgan fingerprint density at radius 2 is 1.61 bits per heavy atom. The predicted molar refractivity (Wildman–Crippen MR) is 124 cm³/mol. The van der Waals surface area contributed by atoms with Gasteiger partial charge >= 0.3 is 12.1 Å². The van der Waals surface area contributed by atoms with E-state index in [9.17, 15) is 19.2 Å². The molecule has 0 fully saturated rings. The maximum Gasteiger partial charge on any atom is 0.408 e. The largest absolute Gasteiger partial charge is 0.468 e. The Kier molecular flexibility index (Phi) is 10.3. The summed E-state index contributed by atoms with van der Waals surface area (Å²) in [4.78, 5) is 51.7. The molecule has 2 unspecified atom stereocenters. The van der Waals surface area contributed by atoms with Gasteiger partial charge in [0.1, 0.15) is 24.2 Å². The Morgan fingerprint density at radius 1 is 1.03 bits per heavy atom. The number of esters is 1. The van der Waals surface area contributed by atoms with Crippen molar-refractivity contribution in [1.29, 1.82) is 0 Å². The highest BCUT2D eigenvalue weighted by Gasteiger charge is 2.36. The van der Waals surface area contributed by atoms with Gasteiger partial charge in [-0.05, 0) is 59.1 Å². The molecule has 184 valence electrons. The third kappa shape index (κ3) is 8.75. The van der Waals surface area contributed by atoms with E-state index in [4.69, 9.17) is 4.74 Å². The van der Waals surface area contributed by atoms with Crippen LogP contribution in [0.25, 0.3) is 0 Å². The van der Waals surface area contributed by atoms with Crippen LogP contribution in [0.1, 0.15) is 65.6 Å². The zero-order chi connectivity index (χ0) is 25.3. The van der Waals surface area contributed by atoms with E-state index >= 15 is 0 Å². The van der Waals surface area contributed by atoms with Crippen LogP contribution in [-0.4, -0.2) is 60.1 Å². The normalized spacial score (nSPS) is 13.0. The fourth-order valence-electron chi connectivity index (χ4n) is 3.15. The molecule has 9 heteroatoms. The highest BCUT2D eigenvalue weighted by Crippen LogP contribution is 2.25. The van der Waals surface area contributed by atoms with Crippen molar-refractivity contribution in [3.63, 3.8) is 0 Å². The van der Waals surface area contributed by atoms with E-state index in [0.29, 0.717) is 5.56 Å². The number of methoxy groups -OCH3 is 1. The predicted octanol–water partition coefficient (Wildman–Crippen LogP) is 2.73. The van der Waals surface area contributed by atoms with E-state index in [0.717, 1.165) is 12.0 Å². The maximum absolute atomic E-state index is 13.4. The van der Waals surface area contributed by atoms with Gasteiger partial charge in [0.15, 0.2) is 0 Å². The van der Waals surface area contributed by atoms with Gasteiger partial charge in [-0.2, -0.15) is 0 Å². The Labute approximate surface area is 196 Å². The van der Waals surface area contributed by atoms with Gasteiger partial charge < -0.3 is 25.0 Å². The molecule has 0 radical (unpaired) electrons. The Bertz CT molecular complexity index is 830. The molecule has 1 aromatic rings. The average molecular weight is 464 g/mol. The second-order valence-electron chi connectivity index (χ2n) is 9.00. The zero-order valence-corrected chi connectivity index (χ0v) is 20.9. The first-order chi connectivity index (χ1) is 15.3. The lowest BCUT2D eigenvalue weighted by molar-refractivity contribution is -0.146. The number of nitrogens with zero attached hydrogens (tertiary/aromatic N) is 1. The molecule has 1 aromatic carbocycles. The van der Waals surface area contributed by atoms with Crippen LogP contribution in [0.2, 0.25) is 0 Å². The number of aryl methyl sites for hydroxylation is 1. The molecule has 1 rings (SSSR count). The molecule has 0 aliphatic rings. The van der Waals surface area contributed by atoms with Crippen molar-refractivity contribution in [3.8, 4) is 0 Å². The zero-order valence-electron chi connectivity index (χ0n) is 20.9. The summed E-state index contributed by atoms with van der Waals surface area (Å²) in [6.45, 7) is 11.9. The van der Waals surface area contributed by atoms with Crippen molar-refractivity contribution in [3.05, 3.63) is 35.4 Å². The second kappa shape index (κ2) is 12.2. The number of rotatable bonds is 9. The summed E-state index contributed by atoms with van der Waals surface area (Å²) in [5, 5.41) is 5.08. The minimum atomic E-state index is -1.02. The molecule has 3 amide bonds.